The standard InChI is InChI=1S/C38H51N5O10/c1-35(2,3)51-28(45)20-26(30(46)41-29(24-14-12-11-13-15-24)31(47)52-36(4,5)6)40-27(44)22-43-32(48)38(10,42-33(43)49)25-18-16-23(17-19-25)21-39-34(50)53-37(7,8)9/h11-19,26,29H,20-22H2,1-10H3,(H,39,50)(H,40,44)(H,41,46)(H,42,49)/t26-,29-,38?/m0/s1. The van der Waals surface area contributed by atoms with Gasteiger partial charge >= 0.3 is 24.1 Å². The Morgan fingerprint density at radius 3 is 1.89 bits per heavy atom. The highest BCUT2D eigenvalue weighted by atomic mass is 16.6. The molecule has 1 unspecified atom stereocenters. The molecule has 1 aliphatic heterocycles. The Hall–Kier alpha value is -5.47. The molecule has 3 atom stereocenters. The zero-order valence-electron chi connectivity index (χ0n) is 32.0. The Labute approximate surface area is 309 Å². The molecule has 288 valence electrons. The van der Waals surface area contributed by atoms with Gasteiger partial charge in [0.05, 0.1) is 6.42 Å². The molecule has 15 heteroatoms. The van der Waals surface area contributed by atoms with Crippen LogP contribution in [0.1, 0.15) is 98.4 Å². The number of urea groups is 1. The highest BCUT2D eigenvalue weighted by molar-refractivity contribution is 6.09. The van der Waals surface area contributed by atoms with E-state index < -0.39 is 89.2 Å². The van der Waals surface area contributed by atoms with Crippen molar-refractivity contribution in [2.45, 2.75) is 117 Å². The minimum atomic E-state index is -1.57. The van der Waals surface area contributed by atoms with Gasteiger partial charge in [-0.05, 0) is 85.9 Å². The molecule has 1 saturated heterocycles. The topological polar surface area (TPSA) is 199 Å². The number of ether oxygens (including phenoxy) is 3. The van der Waals surface area contributed by atoms with E-state index in [1.807, 2.05) is 0 Å². The molecule has 2 aromatic rings. The summed E-state index contributed by atoms with van der Waals surface area (Å²) < 4.78 is 16.2. The summed E-state index contributed by atoms with van der Waals surface area (Å²) in [5, 5.41) is 10.3. The molecule has 15 nitrogen and oxygen atoms in total. The van der Waals surface area contributed by atoms with E-state index in [0.717, 1.165) is 0 Å². The first-order valence-electron chi connectivity index (χ1n) is 17.2. The number of rotatable bonds is 12. The smallest absolute Gasteiger partial charge is 0.407 e. The fourth-order valence-corrected chi connectivity index (χ4v) is 5.15. The van der Waals surface area contributed by atoms with Crippen LogP contribution in [0.5, 0.6) is 0 Å². The van der Waals surface area contributed by atoms with E-state index in [9.17, 15) is 33.6 Å². The van der Waals surface area contributed by atoms with Gasteiger partial charge in [0.1, 0.15) is 34.9 Å². The van der Waals surface area contributed by atoms with E-state index in [1.165, 1.54) is 6.92 Å². The lowest BCUT2D eigenvalue weighted by molar-refractivity contribution is -0.159. The van der Waals surface area contributed by atoms with E-state index >= 15 is 0 Å². The third-order valence-electron chi connectivity index (χ3n) is 7.45. The molecule has 2 aromatic carbocycles. The van der Waals surface area contributed by atoms with Gasteiger partial charge < -0.3 is 35.5 Å². The number of esters is 2. The summed E-state index contributed by atoms with van der Waals surface area (Å²) in [6.45, 7) is 16.0. The zero-order valence-corrected chi connectivity index (χ0v) is 32.0. The zero-order chi connectivity index (χ0) is 39.9. The predicted molar refractivity (Wildman–Crippen MR) is 193 cm³/mol. The molecule has 4 N–H and O–H groups in total. The summed E-state index contributed by atoms with van der Waals surface area (Å²) in [6, 6.07) is 11.1. The van der Waals surface area contributed by atoms with Crippen LogP contribution in [-0.4, -0.2) is 76.1 Å². The van der Waals surface area contributed by atoms with Crippen LogP contribution in [0.15, 0.2) is 54.6 Å². The Morgan fingerprint density at radius 1 is 0.774 bits per heavy atom. The fourth-order valence-electron chi connectivity index (χ4n) is 5.15. The predicted octanol–water partition coefficient (Wildman–Crippen LogP) is 3.89. The first-order chi connectivity index (χ1) is 24.4. The van der Waals surface area contributed by atoms with Crippen LogP contribution in [0.3, 0.4) is 0 Å². The Balaban J connectivity index is 1.77. The highest BCUT2D eigenvalue weighted by Crippen LogP contribution is 2.29. The SMILES string of the molecule is CC(C)(C)OC(=O)C[C@H](NC(=O)CN1C(=O)NC(C)(c2ccc(CNC(=O)OC(C)(C)C)cc2)C1=O)C(=O)N[C@H](C(=O)OC(C)(C)C)c1ccccc1. The molecule has 0 bridgehead atoms. The molecule has 6 amide bonds. The van der Waals surface area contributed by atoms with Gasteiger partial charge in [0, 0.05) is 6.54 Å². The molecular formula is C38H51N5O10. The number of carbonyl (C=O) groups is 7. The van der Waals surface area contributed by atoms with Crippen molar-refractivity contribution in [2.24, 2.45) is 0 Å². The van der Waals surface area contributed by atoms with Gasteiger partial charge in [-0.3, -0.25) is 24.1 Å². The maximum Gasteiger partial charge on any atom is 0.407 e. The number of hydrogen-bond acceptors (Lipinski definition) is 10. The van der Waals surface area contributed by atoms with Gasteiger partial charge in [-0.15, -0.1) is 0 Å². The molecule has 0 radical (unpaired) electrons. The van der Waals surface area contributed by atoms with Gasteiger partial charge in [-0.2, -0.15) is 0 Å². The molecule has 1 fully saturated rings. The quantitative estimate of drug-likeness (QED) is 0.141. The molecular weight excluding hydrogens is 686 g/mol. The van der Waals surface area contributed by atoms with Crippen molar-refractivity contribution in [1.29, 1.82) is 0 Å². The Morgan fingerprint density at radius 2 is 1.34 bits per heavy atom. The second-order valence-electron chi connectivity index (χ2n) is 15.8. The Kier molecular flexibility index (Phi) is 13.0. The number of nitrogens with zero attached hydrogens (tertiary/aromatic N) is 1. The van der Waals surface area contributed by atoms with E-state index in [2.05, 4.69) is 21.3 Å². The van der Waals surface area contributed by atoms with Crippen LogP contribution in [0.25, 0.3) is 0 Å². The van der Waals surface area contributed by atoms with Gasteiger partial charge in [0.15, 0.2) is 6.04 Å². The number of amides is 6. The maximum atomic E-state index is 13.7. The minimum Gasteiger partial charge on any atom is -0.460 e. The summed E-state index contributed by atoms with van der Waals surface area (Å²) >= 11 is 0. The average molecular weight is 738 g/mol. The second kappa shape index (κ2) is 16.5. The summed E-state index contributed by atoms with van der Waals surface area (Å²) in [5.74, 6) is -4.17. The third-order valence-corrected chi connectivity index (χ3v) is 7.45. The van der Waals surface area contributed by atoms with Gasteiger partial charge in [-0.25, -0.2) is 14.4 Å². The normalized spacial score (nSPS) is 17.2. The largest absolute Gasteiger partial charge is 0.460 e. The number of imide groups is 1. The summed E-state index contributed by atoms with van der Waals surface area (Å²) in [4.78, 5) is 92.7. The number of nitrogens with one attached hydrogen (secondary N) is 4. The monoisotopic (exact) mass is 737 g/mol. The van der Waals surface area contributed by atoms with Crippen LogP contribution in [0.2, 0.25) is 0 Å². The fraction of sp³-hybridized carbons (Fsp3) is 0.500. The average Bonchev–Trinajstić information content (AvgIpc) is 3.23. The van der Waals surface area contributed by atoms with Crippen LogP contribution in [0.4, 0.5) is 9.59 Å². The molecule has 1 aliphatic rings. The minimum absolute atomic E-state index is 0.153. The molecule has 0 aromatic heterocycles. The van der Waals surface area contributed by atoms with Crippen molar-refractivity contribution in [1.82, 2.24) is 26.2 Å². The molecule has 0 spiro atoms. The highest BCUT2D eigenvalue weighted by Gasteiger charge is 2.49. The van der Waals surface area contributed by atoms with E-state index in [-0.39, 0.29) is 6.54 Å². The molecule has 3 rings (SSSR count). The summed E-state index contributed by atoms with van der Waals surface area (Å²) in [7, 11) is 0. The van der Waals surface area contributed by atoms with Crippen molar-refractivity contribution < 1.29 is 47.8 Å². The second-order valence-corrected chi connectivity index (χ2v) is 15.8. The molecule has 53 heavy (non-hydrogen) atoms. The van der Waals surface area contributed by atoms with Gasteiger partial charge in [-0.1, -0.05) is 54.6 Å². The van der Waals surface area contributed by atoms with Gasteiger partial charge in [0.25, 0.3) is 5.91 Å². The van der Waals surface area contributed by atoms with Crippen molar-refractivity contribution in [3.8, 4) is 0 Å². The first-order valence-corrected chi connectivity index (χ1v) is 17.2. The number of carbonyl (C=O) groups excluding carboxylic acids is 7. The lowest BCUT2D eigenvalue weighted by Gasteiger charge is -2.27. The first kappa shape index (κ1) is 41.9. The molecule has 0 aliphatic carbocycles. The van der Waals surface area contributed by atoms with Crippen molar-refractivity contribution >= 4 is 41.8 Å². The van der Waals surface area contributed by atoms with E-state index in [4.69, 9.17) is 14.2 Å². The number of alkyl carbamates (subject to hydrolysis) is 1. The number of hydrogen-bond donors (Lipinski definition) is 4. The number of benzene rings is 2. The van der Waals surface area contributed by atoms with Crippen LogP contribution >= 0.6 is 0 Å². The van der Waals surface area contributed by atoms with E-state index in [1.54, 1.807) is 117 Å². The maximum absolute atomic E-state index is 13.7. The van der Waals surface area contributed by atoms with Crippen molar-refractivity contribution in [2.75, 3.05) is 6.54 Å². The van der Waals surface area contributed by atoms with Crippen molar-refractivity contribution in [3.05, 3.63) is 71.3 Å². The molecule has 1 heterocycles. The van der Waals surface area contributed by atoms with Crippen LogP contribution in [-0.2, 0) is 50.3 Å². The van der Waals surface area contributed by atoms with Crippen LogP contribution in [0, 0.1) is 0 Å². The van der Waals surface area contributed by atoms with E-state index in [0.29, 0.717) is 21.6 Å². The Bertz CT molecular complexity index is 1690. The van der Waals surface area contributed by atoms with Crippen molar-refractivity contribution in [3.63, 3.8) is 0 Å². The lowest BCUT2D eigenvalue weighted by Crippen LogP contribution is -2.53. The lowest BCUT2D eigenvalue weighted by atomic mass is 9.91. The summed E-state index contributed by atoms with van der Waals surface area (Å²) in [6.07, 6.45) is -1.22. The van der Waals surface area contributed by atoms with Crippen LogP contribution < -0.4 is 21.3 Å². The third kappa shape index (κ3) is 12.6. The summed E-state index contributed by atoms with van der Waals surface area (Å²) in [5.41, 5.74) is -2.51. The van der Waals surface area contributed by atoms with Gasteiger partial charge in [0.2, 0.25) is 11.8 Å². The molecule has 0 saturated carbocycles.